The van der Waals surface area contributed by atoms with Crippen LogP contribution in [0.25, 0.3) is 0 Å². The molecule has 96 valence electrons. The van der Waals surface area contributed by atoms with Crippen molar-refractivity contribution < 1.29 is 10.2 Å². The third-order valence-electron chi connectivity index (χ3n) is 3.22. The largest absolute Gasteiger partial charge is 0.506 e. The number of aliphatic hydroxyl groups is 1. The maximum absolute atomic E-state index is 9.86. The molecule has 0 heterocycles. The summed E-state index contributed by atoms with van der Waals surface area (Å²) in [6, 6.07) is 5.60. The highest BCUT2D eigenvalue weighted by Gasteiger charge is 2.20. The molecule has 0 aromatic heterocycles. The molecule has 1 rings (SSSR count). The zero-order chi connectivity index (χ0) is 12.9. The van der Waals surface area contributed by atoms with Crippen LogP contribution in [0.5, 0.6) is 5.75 Å². The molecule has 0 spiro atoms. The molecule has 0 aliphatic heterocycles. The highest BCUT2D eigenvalue weighted by atomic mass is 79.9. The van der Waals surface area contributed by atoms with Gasteiger partial charge in [0.05, 0.1) is 4.47 Å². The number of hydrogen-bond acceptors (Lipinski definition) is 3. The molecule has 3 N–H and O–H groups in total. The first-order valence-corrected chi connectivity index (χ1v) is 6.64. The molecule has 1 unspecified atom stereocenters. The Morgan fingerprint density at radius 2 is 2.12 bits per heavy atom. The molecule has 0 aliphatic carbocycles. The third kappa shape index (κ3) is 3.98. The van der Waals surface area contributed by atoms with Crippen molar-refractivity contribution in [3.63, 3.8) is 0 Å². The monoisotopic (exact) mass is 301 g/mol. The summed E-state index contributed by atoms with van der Waals surface area (Å²) in [5.41, 5.74) is 0.765. The number of aliphatic hydroxyl groups excluding tert-OH is 1. The summed E-state index contributed by atoms with van der Waals surface area (Å²) in [6.07, 6.45) is 1.64. The van der Waals surface area contributed by atoms with Crippen LogP contribution in [-0.2, 0) is 6.54 Å². The van der Waals surface area contributed by atoms with Gasteiger partial charge in [-0.25, -0.2) is 0 Å². The maximum atomic E-state index is 9.86. The van der Waals surface area contributed by atoms with Crippen LogP contribution in [0.2, 0.25) is 0 Å². The lowest BCUT2D eigenvalue weighted by molar-refractivity contribution is 0.214. The second kappa shape index (κ2) is 6.38. The number of para-hydroxylation sites is 1. The van der Waals surface area contributed by atoms with Gasteiger partial charge in [0.25, 0.3) is 0 Å². The number of halogens is 1. The summed E-state index contributed by atoms with van der Waals surface area (Å²) < 4.78 is 0.706. The Labute approximate surface area is 111 Å². The van der Waals surface area contributed by atoms with Crippen LogP contribution in [0.15, 0.2) is 22.7 Å². The lowest BCUT2D eigenvalue weighted by Gasteiger charge is -2.29. The lowest BCUT2D eigenvalue weighted by Crippen LogP contribution is -2.42. The standard InChI is InChI=1S/C13H20BrNO2/c1-3-13(2,7-8-16)15-9-10-5-4-6-11(14)12(10)17/h4-6,15-17H,3,7-9H2,1-2H3. The fraction of sp³-hybridized carbons (Fsp3) is 0.538. The van der Waals surface area contributed by atoms with Gasteiger partial charge in [-0.1, -0.05) is 19.1 Å². The minimum atomic E-state index is -0.0937. The second-order valence-electron chi connectivity index (χ2n) is 4.49. The summed E-state index contributed by atoms with van der Waals surface area (Å²) in [6.45, 7) is 4.93. The Hall–Kier alpha value is -0.580. The van der Waals surface area contributed by atoms with E-state index < -0.39 is 0 Å². The van der Waals surface area contributed by atoms with Crippen molar-refractivity contribution in [2.45, 2.75) is 38.8 Å². The molecule has 1 aromatic rings. The fourth-order valence-electron chi connectivity index (χ4n) is 1.65. The second-order valence-corrected chi connectivity index (χ2v) is 5.34. The van der Waals surface area contributed by atoms with Crippen LogP contribution in [0, 0.1) is 0 Å². The van der Waals surface area contributed by atoms with Gasteiger partial charge in [0, 0.05) is 24.3 Å². The van der Waals surface area contributed by atoms with Gasteiger partial charge < -0.3 is 15.5 Å². The number of aromatic hydroxyl groups is 1. The lowest BCUT2D eigenvalue weighted by atomic mass is 9.94. The molecule has 0 amide bonds. The number of phenolic OH excluding ortho intramolecular Hbond substituents is 1. The first kappa shape index (κ1) is 14.5. The van der Waals surface area contributed by atoms with Crippen molar-refractivity contribution >= 4 is 15.9 Å². The minimum absolute atomic E-state index is 0.0937. The molecule has 4 heteroatoms. The Kier molecular flexibility index (Phi) is 5.43. The van der Waals surface area contributed by atoms with E-state index in [4.69, 9.17) is 5.11 Å². The highest BCUT2D eigenvalue weighted by Crippen LogP contribution is 2.28. The summed E-state index contributed by atoms with van der Waals surface area (Å²) >= 11 is 3.30. The summed E-state index contributed by atoms with van der Waals surface area (Å²) in [5.74, 6) is 0.280. The Morgan fingerprint density at radius 3 is 2.71 bits per heavy atom. The maximum Gasteiger partial charge on any atom is 0.134 e. The van der Waals surface area contributed by atoms with E-state index in [0.29, 0.717) is 17.4 Å². The van der Waals surface area contributed by atoms with Crippen LogP contribution in [-0.4, -0.2) is 22.4 Å². The van der Waals surface area contributed by atoms with E-state index >= 15 is 0 Å². The van der Waals surface area contributed by atoms with Crippen LogP contribution >= 0.6 is 15.9 Å². The Balaban J connectivity index is 2.69. The van der Waals surface area contributed by atoms with Crippen LogP contribution in [0.4, 0.5) is 0 Å². The van der Waals surface area contributed by atoms with Crippen molar-refractivity contribution in [2.75, 3.05) is 6.61 Å². The average Bonchev–Trinajstić information content (AvgIpc) is 2.31. The summed E-state index contributed by atoms with van der Waals surface area (Å²) in [4.78, 5) is 0. The number of benzene rings is 1. The number of nitrogens with one attached hydrogen (secondary N) is 1. The first-order chi connectivity index (χ1) is 8.02. The van der Waals surface area contributed by atoms with Gasteiger partial charge in [-0.3, -0.25) is 0 Å². The van der Waals surface area contributed by atoms with E-state index in [1.165, 1.54) is 0 Å². The molecule has 0 radical (unpaired) electrons. The molecular weight excluding hydrogens is 282 g/mol. The predicted molar refractivity (Wildman–Crippen MR) is 73.0 cm³/mol. The van der Waals surface area contributed by atoms with Crippen molar-refractivity contribution in [3.05, 3.63) is 28.2 Å². The van der Waals surface area contributed by atoms with Crippen LogP contribution < -0.4 is 5.32 Å². The van der Waals surface area contributed by atoms with Crippen LogP contribution in [0.1, 0.15) is 32.3 Å². The van der Waals surface area contributed by atoms with Crippen LogP contribution in [0.3, 0.4) is 0 Å². The van der Waals surface area contributed by atoms with Gasteiger partial charge in [0.2, 0.25) is 0 Å². The Morgan fingerprint density at radius 1 is 1.41 bits per heavy atom. The van der Waals surface area contributed by atoms with E-state index in [9.17, 15) is 5.11 Å². The highest BCUT2D eigenvalue weighted by molar-refractivity contribution is 9.10. The Bertz CT molecular complexity index is 370. The quantitative estimate of drug-likeness (QED) is 0.757. The molecule has 17 heavy (non-hydrogen) atoms. The summed E-state index contributed by atoms with van der Waals surface area (Å²) in [7, 11) is 0. The molecular formula is C13H20BrNO2. The average molecular weight is 302 g/mol. The zero-order valence-electron chi connectivity index (χ0n) is 10.3. The SMILES string of the molecule is CCC(C)(CCO)NCc1cccc(Br)c1O. The molecule has 0 aliphatic rings. The molecule has 0 bridgehead atoms. The molecule has 0 saturated carbocycles. The molecule has 3 nitrogen and oxygen atoms in total. The summed E-state index contributed by atoms with van der Waals surface area (Å²) in [5, 5.41) is 22.3. The van der Waals surface area contributed by atoms with Gasteiger partial charge in [0.15, 0.2) is 0 Å². The van der Waals surface area contributed by atoms with Crippen molar-refractivity contribution in [3.8, 4) is 5.75 Å². The van der Waals surface area contributed by atoms with Gasteiger partial charge in [-0.15, -0.1) is 0 Å². The number of hydrogen-bond donors (Lipinski definition) is 3. The van der Waals surface area contributed by atoms with E-state index in [1.54, 1.807) is 0 Å². The fourth-order valence-corrected chi connectivity index (χ4v) is 2.06. The van der Waals surface area contributed by atoms with Gasteiger partial charge in [0.1, 0.15) is 5.75 Å². The number of phenols is 1. The van der Waals surface area contributed by atoms with E-state index in [-0.39, 0.29) is 17.9 Å². The smallest absolute Gasteiger partial charge is 0.134 e. The third-order valence-corrected chi connectivity index (χ3v) is 3.86. The zero-order valence-corrected chi connectivity index (χ0v) is 11.9. The molecule has 1 aromatic carbocycles. The molecule has 0 fully saturated rings. The van der Waals surface area contributed by atoms with E-state index in [1.807, 2.05) is 18.2 Å². The number of rotatable bonds is 6. The van der Waals surface area contributed by atoms with Gasteiger partial charge >= 0.3 is 0 Å². The topological polar surface area (TPSA) is 52.5 Å². The molecule has 1 atom stereocenters. The van der Waals surface area contributed by atoms with Gasteiger partial charge in [-0.2, -0.15) is 0 Å². The predicted octanol–water partition coefficient (Wildman–Crippen LogP) is 2.80. The van der Waals surface area contributed by atoms with E-state index in [0.717, 1.165) is 12.0 Å². The molecule has 0 saturated heterocycles. The van der Waals surface area contributed by atoms with Crippen molar-refractivity contribution in [2.24, 2.45) is 0 Å². The first-order valence-electron chi connectivity index (χ1n) is 5.84. The van der Waals surface area contributed by atoms with Crippen molar-refractivity contribution in [1.82, 2.24) is 5.32 Å². The normalized spacial score (nSPS) is 14.6. The minimum Gasteiger partial charge on any atom is -0.506 e. The van der Waals surface area contributed by atoms with Crippen molar-refractivity contribution in [1.29, 1.82) is 0 Å². The van der Waals surface area contributed by atoms with Gasteiger partial charge in [-0.05, 0) is 41.8 Å². The van der Waals surface area contributed by atoms with E-state index in [2.05, 4.69) is 35.1 Å².